The fraction of sp³-hybridized carbons (Fsp3) is 0.286. The molecule has 35 heavy (non-hydrogen) atoms. The molecule has 0 saturated heterocycles. The smallest absolute Gasteiger partial charge is 0.243 e. The summed E-state index contributed by atoms with van der Waals surface area (Å²) in [7, 11) is 0. The number of amides is 2. The van der Waals surface area contributed by atoms with Gasteiger partial charge in [-0.3, -0.25) is 9.59 Å². The normalized spacial score (nSPS) is 12.6. The van der Waals surface area contributed by atoms with Crippen molar-refractivity contribution in [3.8, 4) is 0 Å². The van der Waals surface area contributed by atoms with Crippen LogP contribution >= 0.6 is 23.2 Å². The second-order valence-corrected chi connectivity index (χ2v) is 9.36. The second kappa shape index (κ2) is 12.7. The summed E-state index contributed by atoms with van der Waals surface area (Å²) in [5.41, 5.74) is 2.13. The van der Waals surface area contributed by atoms with Crippen LogP contribution in [0, 0.1) is 5.82 Å². The Balaban J connectivity index is 2.01. The molecule has 0 fully saturated rings. The molecular formula is C28H29Cl2FN2O2. The summed E-state index contributed by atoms with van der Waals surface area (Å²) < 4.78 is 13.4. The van der Waals surface area contributed by atoms with Gasteiger partial charge in [-0.05, 0) is 48.7 Å². The van der Waals surface area contributed by atoms with Gasteiger partial charge in [0.1, 0.15) is 11.9 Å². The van der Waals surface area contributed by atoms with E-state index in [0.717, 1.165) is 12.0 Å². The van der Waals surface area contributed by atoms with Crippen LogP contribution in [0.1, 0.15) is 37.0 Å². The Morgan fingerprint density at radius 1 is 0.914 bits per heavy atom. The Hall–Kier alpha value is -2.89. The predicted molar refractivity (Wildman–Crippen MR) is 139 cm³/mol. The number of hydrogen-bond acceptors (Lipinski definition) is 2. The van der Waals surface area contributed by atoms with Crippen LogP contribution < -0.4 is 5.32 Å². The lowest BCUT2D eigenvalue weighted by Crippen LogP contribution is -2.52. The molecule has 4 nitrogen and oxygen atoms in total. The number of nitrogens with zero attached hydrogens (tertiary/aromatic N) is 1. The first kappa shape index (κ1) is 26.7. The molecule has 0 aliphatic carbocycles. The number of benzene rings is 3. The van der Waals surface area contributed by atoms with Crippen molar-refractivity contribution in [1.29, 1.82) is 0 Å². The zero-order chi connectivity index (χ0) is 25.4. The highest BCUT2D eigenvalue weighted by atomic mass is 35.5. The molecule has 0 aromatic heterocycles. The van der Waals surface area contributed by atoms with Gasteiger partial charge in [0, 0.05) is 34.6 Å². The van der Waals surface area contributed by atoms with Gasteiger partial charge in [0.25, 0.3) is 0 Å². The highest BCUT2D eigenvalue weighted by Gasteiger charge is 2.31. The van der Waals surface area contributed by atoms with Gasteiger partial charge < -0.3 is 10.2 Å². The molecule has 3 aromatic rings. The van der Waals surface area contributed by atoms with E-state index in [2.05, 4.69) is 5.32 Å². The molecule has 2 amide bonds. The highest BCUT2D eigenvalue weighted by Crippen LogP contribution is 2.27. The van der Waals surface area contributed by atoms with E-state index >= 15 is 0 Å². The molecule has 0 saturated carbocycles. The summed E-state index contributed by atoms with van der Waals surface area (Å²) in [5, 5.41) is 3.85. The van der Waals surface area contributed by atoms with Crippen LogP contribution in [0.4, 0.5) is 4.39 Å². The fourth-order valence-corrected chi connectivity index (χ4v) is 4.24. The van der Waals surface area contributed by atoms with E-state index < -0.39 is 6.04 Å². The van der Waals surface area contributed by atoms with Gasteiger partial charge in [-0.2, -0.15) is 0 Å². The van der Waals surface area contributed by atoms with Gasteiger partial charge >= 0.3 is 0 Å². The molecule has 0 heterocycles. The molecule has 3 aromatic carbocycles. The summed E-state index contributed by atoms with van der Waals surface area (Å²) in [6.45, 7) is 3.97. The van der Waals surface area contributed by atoms with E-state index in [-0.39, 0.29) is 36.6 Å². The van der Waals surface area contributed by atoms with Crippen molar-refractivity contribution >= 4 is 35.0 Å². The second-order valence-electron chi connectivity index (χ2n) is 8.55. The minimum absolute atomic E-state index is 0.00422. The van der Waals surface area contributed by atoms with E-state index in [9.17, 15) is 14.0 Å². The van der Waals surface area contributed by atoms with E-state index in [1.54, 1.807) is 30.3 Å². The van der Waals surface area contributed by atoms with E-state index in [1.807, 2.05) is 44.2 Å². The summed E-state index contributed by atoms with van der Waals surface area (Å²) in [5.74, 6) is -0.914. The maximum atomic E-state index is 13.7. The number of rotatable bonds is 10. The molecule has 2 atom stereocenters. The molecule has 0 aliphatic rings. The van der Waals surface area contributed by atoms with Gasteiger partial charge in [-0.25, -0.2) is 4.39 Å². The van der Waals surface area contributed by atoms with Crippen molar-refractivity contribution in [2.45, 2.75) is 51.7 Å². The molecule has 2 unspecified atom stereocenters. The van der Waals surface area contributed by atoms with Crippen molar-refractivity contribution in [2.75, 3.05) is 0 Å². The van der Waals surface area contributed by atoms with Crippen molar-refractivity contribution in [2.24, 2.45) is 0 Å². The largest absolute Gasteiger partial charge is 0.352 e. The third-order valence-electron chi connectivity index (χ3n) is 5.93. The lowest BCUT2D eigenvalue weighted by atomic mass is 10.0. The maximum absolute atomic E-state index is 13.7. The molecule has 0 aliphatic heterocycles. The van der Waals surface area contributed by atoms with Crippen molar-refractivity contribution in [3.05, 3.63) is 105 Å². The van der Waals surface area contributed by atoms with E-state index in [1.165, 1.54) is 17.0 Å². The summed E-state index contributed by atoms with van der Waals surface area (Å²) in [6, 6.07) is 19.6. The first-order chi connectivity index (χ1) is 16.8. The lowest BCUT2D eigenvalue weighted by Gasteiger charge is -2.33. The van der Waals surface area contributed by atoms with Crippen molar-refractivity contribution in [3.63, 3.8) is 0 Å². The first-order valence-corrected chi connectivity index (χ1v) is 12.3. The Bertz CT molecular complexity index is 1120. The number of halogens is 3. The number of nitrogens with one attached hydrogen (secondary N) is 1. The van der Waals surface area contributed by atoms with Crippen LogP contribution in [0.3, 0.4) is 0 Å². The Morgan fingerprint density at radius 2 is 1.54 bits per heavy atom. The Labute approximate surface area is 216 Å². The van der Waals surface area contributed by atoms with Crippen LogP contribution in [0.2, 0.25) is 10.0 Å². The average Bonchev–Trinajstić information content (AvgIpc) is 2.84. The molecule has 3 rings (SSSR count). The molecule has 0 spiro atoms. The zero-order valence-corrected chi connectivity index (χ0v) is 21.3. The molecule has 7 heteroatoms. The van der Waals surface area contributed by atoms with Gasteiger partial charge in [-0.15, -0.1) is 0 Å². The number of carbonyl (C=O) groups is 2. The maximum Gasteiger partial charge on any atom is 0.243 e. The molecular weight excluding hydrogens is 486 g/mol. The Morgan fingerprint density at radius 3 is 2.14 bits per heavy atom. The van der Waals surface area contributed by atoms with Crippen LogP contribution in [0.15, 0.2) is 72.8 Å². The minimum Gasteiger partial charge on any atom is -0.352 e. The quantitative estimate of drug-likeness (QED) is 0.348. The van der Waals surface area contributed by atoms with Gasteiger partial charge in [0.2, 0.25) is 11.8 Å². The minimum atomic E-state index is -0.799. The van der Waals surface area contributed by atoms with Crippen LogP contribution in [-0.4, -0.2) is 28.8 Å². The summed E-state index contributed by atoms with van der Waals surface area (Å²) in [6.07, 6.45) is 1.08. The third-order valence-corrected chi connectivity index (χ3v) is 6.64. The summed E-state index contributed by atoms with van der Waals surface area (Å²) >= 11 is 12.9. The van der Waals surface area contributed by atoms with Crippen LogP contribution in [-0.2, 0) is 29.0 Å². The van der Waals surface area contributed by atoms with E-state index in [0.29, 0.717) is 27.6 Å². The van der Waals surface area contributed by atoms with Gasteiger partial charge in [0.05, 0.1) is 6.42 Å². The first-order valence-electron chi connectivity index (χ1n) is 11.6. The third kappa shape index (κ3) is 7.55. The zero-order valence-electron chi connectivity index (χ0n) is 19.8. The molecule has 0 radical (unpaired) electrons. The highest BCUT2D eigenvalue weighted by molar-refractivity contribution is 6.36. The van der Waals surface area contributed by atoms with Crippen LogP contribution in [0.5, 0.6) is 0 Å². The molecule has 1 N–H and O–H groups in total. The van der Waals surface area contributed by atoms with Crippen LogP contribution in [0.25, 0.3) is 0 Å². The summed E-state index contributed by atoms with van der Waals surface area (Å²) in [4.78, 5) is 28.7. The number of carbonyl (C=O) groups excluding carboxylic acids is 2. The topological polar surface area (TPSA) is 49.4 Å². The number of hydrogen-bond donors (Lipinski definition) is 1. The monoisotopic (exact) mass is 514 g/mol. The average molecular weight is 515 g/mol. The standard InChI is InChI=1S/C28H29Cl2FN2O2/c1-3-19(2)32-28(35)26(16-20-8-5-4-6-9-20)33(18-23-24(29)10-7-11-25(23)30)27(34)17-21-12-14-22(31)15-13-21/h4-15,19,26H,3,16-18H2,1-2H3,(H,32,35). The lowest BCUT2D eigenvalue weighted by molar-refractivity contribution is -0.141. The van der Waals surface area contributed by atoms with Gasteiger partial charge in [0.15, 0.2) is 0 Å². The fourth-order valence-electron chi connectivity index (χ4n) is 3.73. The van der Waals surface area contributed by atoms with Crippen molar-refractivity contribution < 1.29 is 14.0 Å². The predicted octanol–water partition coefficient (Wildman–Crippen LogP) is 6.23. The molecule has 0 bridgehead atoms. The molecule has 184 valence electrons. The van der Waals surface area contributed by atoms with Gasteiger partial charge in [-0.1, -0.05) is 78.7 Å². The SMILES string of the molecule is CCC(C)NC(=O)C(Cc1ccccc1)N(Cc1c(Cl)cccc1Cl)C(=O)Cc1ccc(F)cc1. The van der Waals surface area contributed by atoms with Crippen molar-refractivity contribution in [1.82, 2.24) is 10.2 Å². The Kier molecular flexibility index (Phi) is 9.70. The van der Waals surface area contributed by atoms with E-state index in [4.69, 9.17) is 23.2 Å².